The van der Waals surface area contributed by atoms with Crippen molar-refractivity contribution in [1.29, 1.82) is 0 Å². The van der Waals surface area contributed by atoms with E-state index in [9.17, 15) is 14.0 Å². The second-order valence-corrected chi connectivity index (χ2v) is 7.79. The molecule has 0 atom stereocenters. The number of rotatable bonds is 8. The fraction of sp³-hybridized carbons (Fsp3) is 0.148. The van der Waals surface area contributed by atoms with Gasteiger partial charge in [0.25, 0.3) is 5.91 Å². The lowest BCUT2D eigenvalue weighted by atomic mass is 10.1. The van der Waals surface area contributed by atoms with E-state index in [1.54, 1.807) is 19.1 Å². The van der Waals surface area contributed by atoms with E-state index >= 15 is 0 Å². The van der Waals surface area contributed by atoms with Gasteiger partial charge in [-0.25, -0.2) is 9.07 Å². The largest absolute Gasteiger partial charge is 0.489 e. The topological polar surface area (TPSA) is 73.2 Å². The minimum Gasteiger partial charge on any atom is -0.489 e. The molecule has 172 valence electrons. The zero-order valence-corrected chi connectivity index (χ0v) is 18.7. The van der Waals surface area contributed by atoms with Crippen molar-refractivity contribution in [3.63, 3.8) is 0 Å². The van der Waals surface area contributed by atoms with Crippen LogP contribution < -0.4 is 15.5 Å². The van der Waals surface area contributed by atoms with Gasteiger partial charge in [-0.15, -0.1) is 0 Å². The fourth-order valence-electron chi connectivity index (χ4n) is 3.47. The number of amides is 1. The zero-order valence-electron chi connectivity index (χ0n) is 18.7. The molecule has 4 aromatic rings. The average molecular weight is 458 g/mol. The number of para-hydroxylation sites is 1. The highest BCUT2D eigenvalue weighted by atomic mass is 19.1. The monoisotopic (exact) mass is 457 g/mol. The van der Waals surface area contributed by atoms with Crippen LogP contribution in [-0.4, -0.2) is 22.2 Å². The third kappa shape index (κ3) is 5.56. The summed E-state index contributed by atoms with van der Waals surface area (Å²) in [7, 11) is 0. The fourth-order valence-corrected chi connectivity index (χ4v) is 3.47. The number of benzene rings is 3. The number of nitrogens with one attached hydrogen (secondary N) is 1. The van der Waals surface area contributed by atoms with E-state index in [2.05, 4.69) is 10.4 Å². The molecule has 1 amide bonds. The maximum absolute atomic E-state index is 14.2. The van der Waals surface area contributed by atoms with Gasteiger partial charge in [-0.2, -0.15) is 5.10 Å². The molecule has 3 aromatic carbocycles. The molecule has 1 heterocycles. The van der Waals surface area contributed by atoms with Crippen molar-refractivity contribution >= 4 is 5.91 Å². The van der Waals surface area contributed by atoms with Gasteiger partial charge in [-0.1, -0.05) is 54.6 Å². The second kappa shape index (κ2) is 10.6. The van der Waals surface area contributed by atoms with Gasteiger partial charge in [0, 0.05) is 18.3 Å². The lowest BCUT2D eigenvalue weighted by molar-refractivity contribution is 0.0946. The SMILES string of the molecule is Cc1cc(=O)c(C(=O)NCCc2ccc(OCc3ccccc3)cc2)nn1-c1ccccc1F. The van der Waals surface area contributed by atoms with Gasteiger partial charge in [0.2, 0.25) is 5.43 Å². The van der Waals surface area contributed by atoms with Crippen LogP contribution in [0.5, 0.6) is 5.75 Å². The van der Waals surface area contributed by atoms with Gasteiger partial charge < -0.3 is 10.1 Å². The standard InChI is InChI=1S/C27H24FN3O3/c1-19-17-25(32)26(30-31(19)24-10-6-5-9-23(24)28)27(33)29-16-15-20-11-13-22(14-12-20)34-18-21-7-3-2-4-8-21/h2-14,17H,15-16,18H2,1H3,(H,29,33). The van der Waals surface area contributed by atoms with Gasteiger partial charge in [-0.05, 0) is 48.7 Å². The molecule has 0 aliphatic heterocycles. The molecule has 0 unspecified atom stereocenters. The number of halogens is 1. The molecule has 0 bridgehead atoms. The van der Waals surface area contributed by atoms with E-state index in [0.717, 1.165) is 16.9 Å². The summed E-state index contributed by atoms with van der Waals surface area (Å²) >= 11 is 0. The Kier molecular flexibility index (Phi) is 7.13. The first-order valence-electron chi connectivity index (χ1n) is 10.9. The van der Waals surface area contributed by atoms with E-state index in [-0.39, 0.29) is 11.4 Å². The molecule has 0 fully saturated rings. The number of ether oxygens (including phenoxy) is 1. The quantitative estimate of drug-likeness (QED) is 0.430. The Morgan fingerprint density at radius 1 is 0.971 bits per heavy atom. The summed E-state index contributed by atoms with van der Waals surface area (Å²) in [6.45, 7) is 2.44. The highest BCUT2D eigenvalue weighted by Gasteiger charge is 2.16. The van der Waals surface area contributed by atoms with Crippen LogP contribution in [0.15, 0.2) is 89.7 Å². The summed E-state index contributed by atoms with van der Waals surface area (Å²) in [6, 6.07) is 24.9. The molecule has 0 radical (unpaired) electrons. The van der Waals surface area contributed by atoms with E-state index in [4.69, 9.17) is 4.74 Å². The molecular formula is C27H24FN3O3. The molecule has 34 heavy (non-hydrogen) atoms. The second-order valence-electron chi connectivity index (χ2n) is 7.79. The lowest BCUT2D eigenvalue weighted by Crippen LogP contribution is -2.33. The van der Waals surface area contributed by atoms with Gasteiger partial charge in [0.15, 0.2) is 5.69 Å². The van der Waals surface area contributed by atoms with Crippen molar-refractivity contribution in [1.82, 2.24) is 15.1 Å². The first-order chi connectivity index (χ1) is 16.5. The third-order valence-corrected chi connectivity index (χ3v) is 5.27. The Morgan fingerprint density at radius 3 is 2.41 bits per heavy atom. The van der Waals surface area contributed by atoms with Crippen molar-refractivity contribution in [2.45, 2.75) is 20.0 Å². The van der Waals surface area contributed by atoms with Crippen molar-refractivity contribution < 1.29 is 13.9 Å². The van der Waals surface area contributed by atoms with Crippen LogP contribution in [0.4, 0.5) is 4.39 Å². The molecule has 0 aliphatic carbocycles. The van der Waals surface area contributed by atoms with Crippen LogP contribution in [0.25, 0.3) is 5.69 Å². The Hall–Kier alpha value is -4.26. The number of carbonyl (C=O) groups excluding carboxylic acids is 1. The number of aryl methyl sites for hydroxylation is 1. The first kappa shape index (κ1) is 22.9. The molecule has 4 rings (SSSR count). The van der Waals surface area contributed by atoms with Crippen LogP contribution in [0.1, 0.15) is 27.3 Å². The van der Waals surface area contributed by atoms with Crippen LogP contribution >= 0.6 is 0 Å². The Morgan fingerprint density at radius 2 is 1.68 bits per heavy atom. The number of nitrogens with zero attached hydrogens (tertiary/aromatic N) is 2. The molecule has 7 heteroatoms. The van der Waals surface area contributed by atoms with Gasteiger partial charge in [-0.3, -0.25) is 9.59 Å². The normalized spacial score (nSPS) is 10.6. The summed E-state index contributed by atoms with van der Waals surface area (Å²) in [6.07, 6.45) is 0.568. The van der Waals surface area contributed by atoms with Gasteiger partial charge in [0.05, 0.1) is 0 Å². The number of hydrogen-bond acceptors (Lipinski definition) is 4. The van der Waals surface area contributed by atoms with Crippen LogP contribution in [0.2, 0.25) is 0 Å². The summed E-state index contributed by atoms with van der Waals surface area (Å²) in [5.74, 6) is -0.337. The highest BCUT2D eigenvalue weighted by molar-refractivity contribution is 5.92. The molecule has 6 nitrogen and oxygen atoms in total. The molecule has 1 N–H and O–H groups in total. The zero-order chi connectivity index (χ0) is 23.9. The average Bonchev–Trinajstić information content (AvgIpc) is 2.85. The highest BCUT2D eigenvalue weighted by Crippen LogP contribution is 2.15. The van der Waals surface area contributed by atoms with Crippen molar-refractivity contribution in [3.05, 3.63) is 123 Å². The van der Waals surface area contributed by atoms with E-state index in [1.807, 2.05) is 54.6 Å². The third-order valence-electron chi connectivity index (χ3n) is 5.27. The van der Waals surface area contributed by atoms with Crippen molar-refractivity contribution in [3.8, 4) is 11.4 Å². The maximum Gasteiger partial charge on any atom is 0.275 e. The molecule has 0 saturated carbocycles. The molecule has 0 saturated heterocycles. The van der Waals surface area contributed by atoms with Crippen molar-refractivity contribution in [2.24, 2.45) is 0 Å². The van der Waals surface area contributed by atoms with E-state index in [1.165, 1.54) is 22.9 Å². The summed E-state index contributed by atoms with van der Waals surface area (Å²) in [5.41, 5.74) is 1.91. The summed E-state index contributed by atoms with van der Waals surface area (Å²) in [5, 5.41) is 6.84. The Bertz CT molecular complexity index is 1340. The molecule has 1 aromatic heterocycles. The van der Waals surface area contributed by atoms with Crippen LogP contribution in [0.3, 0.4) is 0 Å². The van der Waals surface area contributed by atoms with Crippen LogP contribution in [-0.2, 0) is 13.0 Å². The molecular weight excluding hydrogens is 433 g/mol. The minimum absolute atomic E-state index is 0.170. The van der Waals surface area contributed by atoms with Crippen LogP contribution in [0, 0.1) is 12.7 Å². The summed E-state index contributed by atoms with van der Waals surface area (Å²) in [4.78, 5) is 24.9. The Balaban J connectivity index is 1.35. The van der Waals surface area contributed by atoms with Crippen molar-refractivity contribution in [2.75, 3.05) is 6.54 Å². The Labute approximate surface area is 196 Å². The van der Waals surface area contributed by atoms with E-state index in [0.29, 0.717) is 25.3 Å². The lowest BCUT2D eigenvalue weighted by Gasteiger charge is -2.12. The first-order valence-corrected chi connectivity index (χ1v) is 10.9. The van der Waals surface area contributed by atoms with E-state index < -0.39 is 17.2 Å². The van der Waals surface area contributed by atoms with Gasteiger partial charge >= 0.3 is 0 Å². The smallest absolute Gasteiger partial charge is 0.275 e. The molecule has 0 spiro atoms. The minimum atomic E-state index is -0.599. The predicted octanol–water partition coefficient (Wildman–Crippen LogP) is 4.23. The number of aromatic nitrogens is 2. The van der Waals surface area contributed by atoms with Gasteiger partial charge in [0.1, 0.15) is 23.9 Å². The molecule has 0 aliphatic rings. The summed E-state index contributed by atoms with van der Waals surface area (Å²) < 4.78 is 21.2. The number of hydrogen-bond donors (Lipinski definition) is 1. The number of carbonyl (C=O) groups is 1. The predicted molar refractivity (Wildman–Crippen MR) is 128 cm³/mol. The maximum atomic E-state index is 14.2.